The van der Waals surface area contributed by atoms with Gasteiger partial charge in [0.25, 0.3) is 0 Å². The van der Waals surface area contributed by atoms with Crippen LogP contribution in [0.25, 0.3) is 0 Å². The quantitative estimate of drug-likeness (QED) is 0.607. The molecule has 5 heteroatoms. The average Bonchev–Trinajstić information content (AvgIpc) is 2.88. The number of hydrogen-bond donors (Lipinski definition) is 2. The van der Waals surface area contributed by atoms with Crippen LogP contribution in [0.1, 0.15) is 58.8 Å². The second-order valence-corrected chi connectivity index (χ2v) is 7.93. The van der Waals surface area contributed by atoms with Crippen molar-refractivity contribution in [3.8, 4) is 0 Å². The van der Waals surface area contributed by atoms with E-state index in [0.29, 0.717) is 13.1 Å². The van der Waals surface area contributed by atoms with Gasteiger partial charge in [-0.2, -0.15) is 0 Å². The fourth-order valence-electron chi connectivity index (χ4n) is 2.64. The molecule has 0 bridgehead atoms. The predicted molar refractivity (Wildman–Crippen MR) is 80.7 cm³/mol. The first kappa shape index (κ1) is 16.9. The highest BCUT2D eigenvalue weighted by Gasteiger charge is 2.20. The first-order valence-electron chi connectivity index (χ1n) is 7.75. The SMILES string of the molecule is CCCNCC(C)S(=O)(=O)NCCCC1CCCC1. The van der Waals surface area contributed by atoms with Crippen LogP contribution in [0.5, 0.6) is 0 Å². The zero-order valence-corrected chi connectivity index (χ0v) is 13.3. The molecule has 1 fully saturated rings. The minimum atomic E-state index is -3.15. The van der Waals surface area contributed by atoms with Crippen molar-refractivity contribution in [3.63, 3.8) is 0 Å². The Labute approximate surface area is 118 Å². The van der Waals surface area contributed by atoms with Gasteiger partial charge in [-0.05, 0) is 38.6 Å². The number of nitrogens with one attached hydrogen (secondary N) is 2. The molecule has 1 atom stereocenters. The molecule has 0 amide bonds. The molecule has 0 aromatic heterocycles. The maximum atomic E-state index is 12.0. The molecular formula is C14H30N2O2S. The molecule has 0 spiro atoms. The maximum absolute atomic E-state index is 12.0. The standard InChI is InChI=1S/C14H30N2O2S/c1-3-10-15-12-13(2)19(17,18)16-11-6-9-14-7-4-5-8-14/h13-16H,3-12H2,1-2H3. The molecule has 1 aliphatic carbocycles. The Morgan fingerprint density at radius 1 is 1.21 bits per heavy atom. The summed E-state index contributed by atoms with van der Waals surface area (Å²) in [6.45, 7) is 5.85. The van der Waals surface area contributed by atoms with Crippen LogP contribution in [0, 0.1) is 5.92 Å². The molecule has 0 aromatic rings. The highest BCUT2D eigenvalue weighted by Crippen LogP contribution is 2.28. The summed E-state index contributed by atoms with van der Waals surface area (Å²) in [7, 11) is -3.15. The van der Waals surface area contributed by atoms with Crippen LogP contribution in [0.3, 0.4) is 0 Å². The Morgan fingerprint density at radius 2 is 1.89 bits per heavy atom. The van der Waals surface area contributed by atoms with Gasteiger partial charge < -0.3 is 5.32 Å². The first-order chi connectivity index (χ1) is 9.06. The molecule has 0 saturated heterocycles. The first-order valence-corrected chi connectivity index (χ1v) is 9.30. The van der Waals surface area contributed by atoms with E-state index >= 15 is 0 Å². The molecule has 0 aliphatic heterocycles. The Kier molecular flexibility index (Phi) is 7.95. The minimum Gasteiger partial charge on any atom is -0.315 e. The third kappa shape index (κ3) is 6.72. The van der Waals surface area contributed by atoms with Crippen LogP contribution in [-0.4, -0.2) is 33.3 Å². The minimum absolute atomic E-state index is 0.356. The summed E-state index contributed by atoms with van der Waals surface area (Å²) < 4.78 is 26.7. The van der Waals surface area contributed by atoms with Crippen LogP contribution in [-0.2, 0) is 10.0 Å². The van der Waals surface area contributed by atoms with E-state index in [2.05, 4.69) is 17.0 Å². The van der Waals surface area contributed by atoms with Gasteiger partial charge in [-0.25, -0.2) is 13.1 Å². The van der Waals surface area contributed by atoms with Crippen LogP contribution in [0.4, 0.5) is 0 Å². The van der Waals surface area contributed by atoms with Crippen LogP contribution in [0.2, 0.25) is 0 Å². The van der Waals surface area contributed by atoms with Crippen LogP contribution < -0.4 is 10.0 Å². The normalized spacial score (nSPS) is 18.8. The Balaban J connectivity index is 2.14. The lowest BCUT2D eigenvalue weighted by atomic mass is 10.0. The molecule has 1 unspecified atom stereocenters. The molecule has 114 valence electrons. The van der Waals surface area contributed by atoms with E-state index in [1.54, 1.807) is 6.92 Å². The third-order valence-electron chi connectivity index (χ3n) is 3.96. The highest BCUT2D eigenvalue weighted by molar-refractivity contribution is 7.90. The molecular weight excluding hydrogens is 260 g/mol. The van der Waals surface area contributed by atoms with E-state index in [9.17, 15) is 8.42 Å². The largest absolute Gasteiger partial charge is 0.315 e. The van der Waals surface area contributed by atoms with Crippen molar-refractivity contribution in [2.45, 2.75) is 64.0 Å². The Hall–Kier alpha value is -0.130. The summed E-state index contributed by atoms with van der Waals surface area (Å²) >= 11 is 0. The molecule has 1 rings (SSSR count). The van der Waals surface area contributed by atoms with Gasteiger partial charge in [-0.15, -0.1) is 0 Å². The van der Waals surface area contributed by atoms with Crippen molar-refractivity contribution >= 4 is 10.0 Å². The smallest absolute Gasteiger partial charge is 0.215 e. The summed E-state index contributed by atoms with van der Waals surface area (Å²) in [6, 6.07) is 0. The average molecular weight is 290 g/mol. The van der Waals surface area contributed by atoms with Crippen molar-refractivity contribution in [2.75, 3.05) is 19.6 Å². The summed E-state index contributed by atoms with van der Waals surface area (Å²) in [5.41, 5.74) is 0. The van der Waals surface area contributed by atoms with Gasteiger partial charge in [0.15, 0.2) is 0 Å². The van der Waals surface area contributed by atoms with Crippen molar-refractivity contribution in [2.24, 2.45) is 5.92 Å². The van der Waals surface area contributed by atoms with E-state index in [-0.39, 0.29) is 5.25 Å². The van der Waals surface area contributed by atoms with E-state index in [1.807, 2.05) is 0 Å². The van der Waals surface area contributed by atoms with E-state index in [4.69, 9.17) is 0 Å². The molecule has 0 aromatic carbocycles. The van der Waals surface area contributed by atoms with Crippen molar-refractivity contribution in [1.82, 2.24) is 10.0 Å². The van der Waals surface area contributed by atoms with Gasteiger partial charge in [0, 0.05) is 13.1 Å². The molecule has 0 radical (unpaired) electrons. The second-order valence-electron chi connectivity index (χ2n) is 5.75. The van der Waals surface area contributed by atoms with Gasteiger partial charge >= 0.3 is 0 Å². The molecule has 19 heavy (non-hydrogen) atoms. The topological polar surface area (TPSA) is 58.2 Å². The zero-order valence-electron chi connectivity index (χ0n) is 12.5. The zero-order chi connectivity index (χ0) is 14.1. The van der Waals surface area contributed by atoms with E-state index in [1.165, 1.54) is 32.1 Å². The molecule has 0 heterocycles. The van der Waals surface area contributed by atoms with Gasteiger partial charge in [0.2, 0.25) is 10.0 Å². The summed E-state index contributed by atoms with van der Waals surface area (Å²) in [4.78, 5) is 0. The monoisotopic (exact) mass is 290 g/mol. The lowest BCUT2D eigenvalue weighted by Gasteiger charge is -2.15. The number of hydrogen-bond acceptors (Lipinski definition) is 3. The lowest BCUT2D eigenvalue weighted by molar-refractivity contribution is 0.479. The van der Waals surface area contributed by atoms with Crippen LogP contribution in [0.15, 0.2) is 0 Å². The van der Waals surface area contributed by atoms with Gasteiger partial charge in [0.05, 0.1) is 5.25 Å². The van der Waals surface area contributed by atoms with Crippen molar-refractivity contribution in [3.05, 3.63) is 0 Å². The van der Waals surface area contributed by atoms with Crippen LogP contribution >= 0.6 is 0 Å². The third-order valence-corrected chi connectivity index (χ3v) is 5.79. The fraction of sp³-hybridized carbons (Fsp3) is 1.00. The highest BCUT2D eigenvalue weighted by atomic mass is 32.2. The molecule has 4 nitrogen and oxygen atoms in total. The van der Waals surface area contributed by atoms with Crippen molar-refractivity contribution < 1.29 is 8.42 Å². The Bertz CT molecular complexity index is 324. The van der Waals surface area contributed by atoms with E-state index in [0.717, 1.165) is 25.3 Å². The summed E-state index contributed by atoms with van der Waals surface area (Å²) in [5.74, 6) is 0.841. The number of sulfonamides is 1. The molecule has 1 aliphatic rings. The second kappa shape index (κ2) is 8.93. The predicted octanol–water partition coefficient (Wildman–Crippen LogP) is 2.26. The molecule has 2 N–H and O–H groups in total. The summed E-state index contributed by atoms with van der Waals surface area (Å²) in [6.07, 6.45) is 8.56. The number of rotatable bonds is 10. The fourth-order valence-corrected chi connectivity index (χ4v) is 3.69. The van der Waals surface area contributed by atoms with E-state index < -0.39 is 10.0 Å². The van der Waals surface area contributed by atoms with Gasteiger partial charge in [-0.1, -0.05) is 32.6 Å². The Morgan fingerprint density at radius 3 is 2.53 bits per heavy atom. The lowest BCUT2D eigenvalue weighted by Crippen LogP contribution is -2.39. The van der Waals surface area contributed by atoms with Crippen molar-refractivity contribution in [1.29, 1.82) is 0 Å². The summed E-state index contributed by atoms with van der Waals surface area (Å²) in [5, 5.41) is 2.80. The van der Waals surface area contributed by atoms with Gasteiger partial charge in [0.1, 0.15) is 0 Å². The maximum Gasteiger partial charge on any atom is 0.215 e. The van der Waals surface area contributed by atoms with Gasteiger partial charge in [-0.3, -0.25) is 0 Å². The molecule has 1 saturated carbocycles.